The highest BCUT2D eigenvalue weighted by atomic mass is 35.5. The Morgan fingerprint density at radius 1 is 1.58 bits per heavy atom. The average Bonchev–Trinajstić information content (AvgIpc) is 2.29. The van der Waals surface area contributed by atoms with Gasteiger partial charge in [0.05, 0.1) is 5.56 Å². The molecule has 1 heterocycles. The van der Waals surface area contributed by atoms with Crippen molar-refractivity contribution in [2.75, 3.05) is 6.61 Å². The Morgan fingerprint density at radius 3 is 3.00 bits per heavy atom. The number of ether oxygens (including phenoxy) is 1. The number of hydrogen-bond acceptors (Lipinski definition) is 2. The minimum absolute atomic E-state index is 0.116. The van der Waals surface area contributed by atoms with Crippen LogP contribution >= 0.6 is 11.6 Å². The SMILES string of the molecule is NC1(Cl)COc2cccc(F)c21. The van der Waals surface area contributed by atoms with Crippen LogP contribution in [0, 0.1) is 5.82 Å². The third-order valence-electron chi connectivity index (χ3n) is 1.83. The summed E-state index contributed by atoms with van der Waals surface area (Å²) in [6.45, 7) is 0.116. The quantitative estimate of drug-likeness (QED) is 0.494. The molecule has 64 valence electrons. The lowest BCUT2D eigenvalue weighted by molar-refractivity contribution is 0.317. The first-order chi connectivity index (χ1) is 5.61. The van der Waals surface area contributed by atoms with Crippen molar-refractivity contribution < 1.29 is 9.13 Å². The molecule has 0 saturated carbocycles. The number of nitrogens with two attached hydrogens (primary N) is 1. The van der Waals surface area contributed by atoms with Gasteiger partial charge in [-0.1, -0.05) is 17.7 Å². The fraction of sp³-hybridized carbons (Fsp3) is 0.250. The molecule has 1 aliphatic rings. The highest BCUT2D eigenvalue weighted by Crippen LogP contribution is 2.39. The molecule has 0 amide bonds. The number of alkyl halides is 1. The molecule has 2 rings (SSSR count). The lowest BCUT2D eigenvalue weighted by Crippen LogP contribution is -2.32. The van der Waals surface area contributed by atoms with Crippen LogP contribution < -0.4 is 10.5 Å². The second-order valence-corrected chi connectivity index (χ2v) is 3.44. The van der Waals surface area contributed by atoms with Crippen molar-refractivity contribution in [3.05, 3.63) is 29.6 Å². The van der Waals surface area contributed by atoms with Crippen LogP contribution in [-0.2, 0) is 5.00 Å². The highest BCUT2D eigenvalue weighted by Gasteiger charge is 2.37. The number of halogens is 2. The summed E-state index contributed by atoms with van der Waals surface area (Å²) in [7, 11) is 0. The Labute approximate surface area is 74.1 Å². The van der Waals surface area contributed by atoms with E-state index in [0.29, 0.717) is 5.75 Å². The van der Waals surface area contributed by atoms with Gasteiger partial charge in [-0.3, -0.25) is 0 Å². The zero-order valence-corrected chi connectivity index (χ0v) is 6.94. The second-order valence-electron chi connectivity index (χ2n) is 2.76. The van der Waals surface area contributed by atoms with Crippen LogP contribution in [0.25, 0.3) is 0 Å². The van der Waals surface area contributed by atoms with E-state index >= 15 is 0 Å². The van der Waals surface area contributed by atoms with E-state index in [0.717, 1.165) is 0 Å². The van der Waals surface area contributed by atoms with Crippen molar-refractivity contribution in [3.8, 4) is 5.75 Å². The van der Waals surface area contributed by atoms with Crippen LogP contribution in [0.2, 0.25) is 0 Å². The Bertz CT molecular complexity index is 327. The molecule has 0 saturated heterocycles. The van der Waals surface area contributed by atoms with Crippen molar-refractivity contribution in [1.82, 2.24) is 0 Å². The molecular formula is C8H7ClFNO. The highest BCUT2D eigenvalue weighted by molar-refractivity contribution is 6.24. The molecule has 2 N–H and O–H groups in total. The molecule has 1 aromatic rings. The molecule has 0 bridgehead atoms. The zero-order valence-electron chi connectivity index (χ0n) is 6.18. The van der Waals surface area contributed by atoms with E-state index in [1.54, 1.807) is 12.1 Å². The van der Waals surface area contributed by atoms with Gasteiger partial charge in [0, 0.05) is 0 Å². The van der Waals surface area contributed by atoms with Crippen molar-refractivity contribution >= 4 is 11.6 Å². The van der Waals surface area contributed by atoms with Gasteiger partial charge in [-0.2, -0.15) is 0 Å². The predicted molar refractivity (Wildman–Crippen MR) is 43.6 cm³/mol. The molecule has 12 heavy (non-hydrogen) atoms. The third-order valence-corrected chi connectivity index (χ3v) is 2.13. The van der Waals surface area contributed by atoms with Gasteiger partial charge in [-0.15, -0.1) is 0 Å². The van der Waals surface area contributed by atoms with Crippen molar-refractivity contribution in [2.24, 2.45) is 5.73 Å². The minimum atomic E-state index is -1.21. The average molecular weight is 188 g/mol. The van der Waals surface area contributed by atoms with Crippen LogP contribution in [0.3, 0.4) is 0 Å². The summed E-state index contributed by atoms with van der Waals surface area (Å²) in [4.78, 5) is -1.21. The summed E-state index contributed by atoms with van der Waals surface area (Å²) in [5.41, 5.74) is 5.85. The molecule has 0 spiro atoms. The van der Waals surface area contributed by atoms with Crippen LogP contribution in [-0.4, -0.2) is 6.61 Å². The molecule has 0 aromatic heterocycles. The van der Waals surface area contributed by atoms with Crippen molar-refractivity contribution in [2.45, 2.75) is 5.00 Å². The Morgan fingerprint density at radius 2 is 2.33 bits per heavy atom. The maximum atomic E-state index is 13.1. The summed E-state index contributed by atoms with van der Waals surface area (Å²) in [6.07, 6.45) is 0. The van der Waals surface area contributed by atoms with Crippen LogP contribution in [0.15, 0.2) is 18.2 Å². The fourth-order valence-corrected chi connectivity index (χ4v) is 1.52. The number of hydrogen-bond donors (Lipinski definition) is 1. The summed E-state index contributed by atoms with van der Waals surface area (Å²) < 4.78 is 18.2. The Hall–Kier alpha value is -0.800. The van der Waals surface area contributed by atoms with Gasteiger partial charge in [0.15, 0.2) is 5.00 Å². The van der Waals surface area contributed by atoms with Crippen molar-refractivity contribution in [3.63, 3.8) is 0 Å². The third kappa shape index (κ3) is 0.974. The predicted octanol–water partition coefficient (Wildman–Crippen LogP) is 1.57. The van der Waals surface area contributed by atoms with E-state index in [9.17, 15) is 4.39 Å². The van der Waals surface area contributed by atoms with Gasteiger partial charge < -0.3 is 10.5 Å². The molecule has 1 atom stereocenters. The smallest absolute Gasteiger partial charge is 0.157 e. The topological polar surface area (TPSA) is 35.2 Å². The molecule has 1 unspecified atom stereocenters. The first kappa shape index (κ1) is 7.83. The summed E-state index contributed by atoms with van der Waals surface area (Å²) in [5.74, 6) is 0.0231. The van der Waals surface area contributed by atoms with Crippen LogP contribution in [0.5, 0.6) is 5.75 Å². The monoisotopic (exact) mass is 187 g/mol. The van der Waals surface area contributed by atoms with E-state index in [1.807, 2.05) is 0 Å². The standard InChI is InChI=1S/C8H7ClFNO/c9-8(11)4-12-6-3-1-2-5(10)7(6)8/h1-3H,4,11H2. The molecule has 0 radical (unpaired) electrons. The molecule has 4 heteroatoms. The lowest BCUT2D eigenvalue weighted by Gasteiger charge is -2.12. The normalized spacial score (nSPS) is 26.6. The van der Waals surface area contributed by atoms with Crippen LogP contribution in [0.1, 0.15) is 5.56 Å². The molecule has 2 nitrogen and oxygen atoms in total. The largest absolute Gasteiger partial charge is 0.489 e. The van der Waals surface area contributed by atoms with E-state index < -0.39 is 10.8 Å². The van der Waals surface area contributed by atoms with E-state index in [1.165, 1.54) is 6.07 Å². The van der Waals surface area contributed by atoms with Crippen molar-refractivity contribution in [1.29, 1.82) is 0 Å². The van der Waals surface area contributed by atoms with E-state index in [2.05, 4.69) is 0 Å². The molecule has 1 aliphatic heterocycles. The molecule has 1 aromatic carbocycles. The maximum Gasteiger partial charge on any atom is 0.157 e. The Balaban J connectivity index is 2.64. The number of benzene rings is 1. The van der Waals surface area contributed by atoms with Crippen LogP contribution in [0.4, 0.5) is 4.39 Å². The summed E-state index contributed by atoms with van der Waals surface area (Å²) in [6, 6.07) is 4.53. The molecule has 0 aliphatic carbocycles. The Kier molecular flexibility index (Phi) is 1.53. The summed E-state index contributed by atoms with van der Waals surface area (Å²) >= 11 is 5.82. The van der Waals surface area contributed by atoms with Gasteiger partial charge in [-0.25, -0.2) is 4.39 Å². The molecular weight excluding hydrogens is 181 g/mol. The van der Waals surface area contributed by atoms with E-state index in [-0.39, 0.29) is 12.2 Å². The molecule has 0 fully saturated rings. The zero-order chi connectivity index (χ0) is 8.77. The van der Waals surface area contributed by atoms with Gasteiger partial charge >= 0.3 is 0 Å². The lowest BCUT2D eigenvalue weighted by atomic mass is 10.1. The minimum Gasteiger partial charge on any atom is -0.489 e. The first-order valence-corrected chi connectivity index (χ1v) is 3.88. The maximum absolute atomic E-state index is 13.1. The fourth-order valence-electron chi connectivity index (χ4n) is 1.28. The first-order valence-electron chi connectivity index (χ1n) is 3.51. The number of fused-ring (bicyclic) bond motifs is 1. The van der Waals surface area contributed by atoms with Gasteiger partial charge in [-0.05, 0) is 12.1 Å². The van der Waals surface area contributed by atoms with Gasteiger partial charge in [0.2, 0.25) is 0 Å². The number of rotatable bonds is 0. The van der Waals surface area contributed by atoms with E-state index in [4.69, 9.17) is 22.1 Å². The van der Waals surface area contributed by atoms with Gasteiger partial charge in [0.1, 0.15) is 18.2 Å². The second kappa shape index (κ2) is 2.34. The van der Waals surface area contributed by atoms with Gasteiger partial charge in [0.25, 0.3) is 0 Å². The summed E-state index contributed by atoms with van der Waals surface area (Å²) in [5, 5.41) is 0.